The molecule has 0 N–H and O–H groups in total. The summed E-state index contributed by atoms with van der Waals surface area (Å²) in [5, 5.41) is 4.33. The normalized spacial score (nSPS) is 20.4. The van der Waals surface area contributed by atoms with Crippen LogP contribution >= 0.6 is 0 Å². The van der Waals surface area contributed by atoms with E-state index in [0.717, 1.165) is 57.5 Å². The molecule has 1 aromatic carbocycles. The topological polar surface area (TPSA) is 41.4 Å². The molecule has 2 aromatic rings. The highest BCUT2D eigenvalue weighted by Crippen LogP contribution is 2.42. The molecule has 0 atom stereocenters. The highest BCUT2D eigenvalue weighted by atomic mass is 19.1. The number of benzene rings is 1. The van der Waals surface area contributed by atoms with Crippen molar-refractivity contribution < 1.29 is 9.18 Å². The Balaban J connectivity index is 1.45. The molecule has 0 aliphatic carbocycles. The summed E-state index contributed by atoms with van der Waals surface area (Å²) >= 11 is 0. The molecular formula is C21H27FN4O. The number of aryl methyl sites for hydroxylation is 2. The number of amides is 1. The third kappa shape index (κ3) is 3.38. The van der Waals surface area contributed by atoms with Crippen molar-refractivity contribution in [1.82, 2.24) is 14.7 Å². The van der Waals surface area contributed by atoms with Crippen LogP contribution < -0.4 is 4.90 Å². The summed E-state index contributed by atoms with van der Waals surface area (Å²) in [6.07, 6.45) is 5.65. The van der Waals surface area contributed by atoms with Crippen molar-refractivity contribution in [2.75, 3.05) is 24.5 Å². The molecule has 0 unspecified atom stereocenters. The van der Waals surface area contributed by atoms with Crippen molar-refractivity contribution >= 4 is 11.6 Å². The molecule has 3 heterocycles. The van der Waals surface area contributed by atoms with Gasteiger partial charge < -0.3 is 4.90 Å². The molecule has 4 rings (SSSR count). The molecule has 2 fully saturated rings. The Morgan fingerprint density at radius 2 is 1.81 bits per heavy atom. The fourth-order valence-electron chi connectivity index (χ4n) is 4.55. The van der Waals surface area contributed by atoms with Crippen molar-refractivity contribution in [2.45, 2.75) is 39.2 Å². The smallest absolute Gasteiger partial charge is 0.233 e. The lowest BCUT2D eigenvalue weighted by Gasteiger charge is -2.46. The van der Waals surface area contributed by atoms with Gasteiger partial charge in [0.1, 0.15) is 5.82 Å². The number of likely N-dealkylation sites (tertiary alicyclic amines) is 1. The summed E-state index contributed by atoms with van der Waals surface area (Å²) in [7, 11) is 1.99. The van der Waals surface area contributed by atoms with E-state index in [4.69, 9.17) is 0 Å². The molecule has 5 nitrogen and oxygen atoms in total. The van der Waals surface area contributed by atoms with E-state index in [0.29, 0.717) is 0 Å². The van der Waals surface area contributed by atoms with Gasteiger partial charge in [-0.1, -0.05) is 0 Å². The largest absolute Gasteiger partial charge is 0.312 e. The second-order valence-corrected chi connectivity index (χ2v) is 7.99. The summed E-state index contributed by atoms with van der Waals surface area (Å²) in [6.45, 7) is 5.55. The maximum absolute atomic E-state index is 13.3. The maximum Gasteiger partial charge on any atom is 0.233 e. The molecular weight excluding hydrogens is 343 g/mol. The number of piperidine rings is 2. The first-order chi connectivity index (χ1) is 13.0. The maximum atomic E-state index is 13.3. The van der Waals surface area contributed by atoms with E-state index in [1.165, 1.54) is 23.4 Å². The van der Waals surface area contributed by atoms with Crippen LogP contribution in [0.25, 0.3) is 0 Å². The van der Waals surface area contributed by atoms with Gasteiger partial charge in [0.2, 0.25) is 5.91 Å². The van der Waals surface area contributed by atoms with Crippen LogP contribution in [-0.2, 0) is 18.4 Å². The molecule has 2 aliphatic rings. The van der Waals surface area contributed by atoms with Crippen LogP contribution in [0.4, 0.5) is 10.1 Å². The summed E-state index contributed by atoms with van der Waals surface area (Å²) in [6, 6.07) is 6.30. The van der Waals surface area contributed by atoms with Gasteiger partial charge >= 0.3 is 0 Å². The van der Waals surface area contributed by atoms with E-state index in [1.807, 2.05) is 22.8 Å². The summed E-state index contributed by atoms with van der Waals surface area (Å²) in [4.78, 5) is 17.6. The van der Waals surface area contributed by atoms with Gasteiger partial charge in [0.05, 0.1) is 17.3 Å². The van der Waals surface area contributed by atoms with Crippen molar-refractivity contribution in [1.29, 1.82) is 0 Å². The average molecular weight is 370 g/mol. The minimum absolute atomic E-state index is 0.219. The number of anilines is 1. The second-order valence-electron chi connectivity index (χ2n) is 7.99. The Labute approximate surface area is 159 Å². The molecule has 6 heteroatoms. The standard InChI is InChI=1S/C21H27FN4O/c1-16-14-23-24(2)19(16)15-25-12-9-21(10-13-25)8-3-11-26(20(21)27)18-6-4-17(22)5-7-18/h4-7,14H,3,8-13,15H2,1-2H3. The highest BCUT2D eigenvalue weighted by molar-refractivity contribution is 5.98. The molecule has 27 heavy (non-hydrogen) atoms. The van der Waals surface area contributed by atoms with Gasteiger partial charge in [-0.25, -0.2) is 4.39 Å². The third-order valence-electron chi connectivity index (χ3n) is 6.33. The number of hydrogen-bond donors (Lipinski definition) is 0. The lowest BCUT2D eigenvalue weighted by atomic mass is 9.71. The second kappa shape index (κ2) is 7.08. The first kappa shape index (κ1) is 18.2. The Morgan fingerprint density at radius 1 is 1.11 bits per heavy atom. The highest BCUT2D eigenvalue weighted by Gasteiger charge is 2.46. The minimum atomic E-state index is -0.267. The number of aromatic nitrogens is 2. The van der Waals surface area contributed by atoms with Crippen LogP contribution in [0.3, 0.4) is 0 Å². The van der Waals surface area contributed by atoms with Crippen molar-refractivity contribution in [3.05, 3.63) is 47.5 Å². The van der Waals surface area contributed by atoms with E-state index < -0.39 is 0 Å². The summed E-state index contributed by atoms with van der Waals surface area (Å²) < 4.78 is 15.2. The van der Waals surface area contributed by atoms with Gasteiger partial charge in [0.15, 0.2) is 0 Å². The first-order valence-electron chi connectivity index (χ1n) is 9.76. The summed E-state index contributed by atoms with van der Waals surface area (Å²) in [5.74, 6) is -0.0478. The number of nitrogens with zero attached hydrogens (tertiary/aromatic N) is 4. The van der Waals surface area contributed by atoms with Crippen LogP contribution in [0.1, 0.15) is 36.9 Å². The molecule has 2 aliphatic heterocycles. The van der Waals surface area contributed by atoms with Crippen LogP contribution in [0.15, 0.2) is 30.5 Å². The van der Waals surface area contributed by atoms with Crippen LogP contribution in [0.5, 0.6) is 0 Å². The number of halogens is 1. The van der Waals surface area contributed by atoms with E-state index in [-0.39, 0.29) is 17.1 Å². The zero-order valence-electron chi connectivity index (χ0n) is 16.1. The van der Waals surface area contributed by atoms with Crippen molar-refractivity contribution in [3.63, 3.8) is 0 Å². The van der Waals surface area contributed by atoms with Gasteiger partial charge in [-0.05, 0) is 75.5 Å². The predicted octanol–water partition coefficient (Wildman–Crippen LogP) is 3.28. The van der Waals surface area contributed by atoms with Crippen molar-refractivity contribution in [3.8, 4) is 0 Å². The Morgan fingerprint density at radius 3 is 2.44 bits per heavy atom. The SMILES string of the molecule is Cc1cnn(C)c1CN1CCC2(CCCN(c3ccc(F)cc3)C2=O)CC1. The Kier molecular flexibility index (Phi) is 4.76. The average Bonchev–Trinajstić information content (AvgIpc) is 2.99. The first-order valence-corrected chi connectivity index (χ1v) is 9.76. The Hall–Kier alpha value is -2.21. The molecule has 1 spiro atoms. The molecule has 144 valence electrons. The zero-order chi connectivity index (χ0) is 19.0. The quantitative estimate of drug-likeness (QED) is 0.833. The lowest BCUT2D eigenvalue weighted by molar-refractivity contribution is -0.133. The van der Waals surface area contributed by atoms with Crippen LogP contribution in [0.2, 0.25) is 0 Å². The van der Waals surface area contributed by atoms with E-state index in [9.17, 15) is 9.18 Å². The van der Waals surface area contributed by atoms with Crippen LogP contribution in [-0.4, -0.2) is 40.2 Å². The Bertz CT molecular complexity index is 802. The third-order valence-corrected chi connectivity index (χ3v) is 6.33. The zero-order valence-corrected chi connectivity index (χ0v) is 16.1. The van der Waals surface area contributed by atoms with E-state index >= 15 is 0 Å². The molecule has 0 radical (unpaired) electrons. The molecule has 0 bridgehead atoms. The number of rotatable bonds is 3. The molecule has 1 aromatic heterocycles. The molecule has 0 saturated carbocycles. The monoisotopic (exact) mass is 370 g/mol. The van der Waals surface area contributed by atoms with Gasteiger partial charge in [-0.2, -0.15) is 5.10 Å². The van der Waals surface area contributed by atoms with Crippen molar-refractivity contribution in [2.24, 2.45) is 12.5 Å². The number of carbonyl (C=O) groups is 1. The van der Waals surface area contributed by atoms with E-state index in [1.54, 1.807) is 12.1 Å². The van der Waals surface area contributed by atoms with Gasteiger partial charge in [-0.15, -0.1) is 0 Å². The van der Waals surface area contributed by atoms with Gasteiger partial charge in [-0.3, -0.25) is 14.4 Å². The summed E-state index contributed by atoms with van der Waals surface area (Å²) in [5.41, 5.74) is 3.02. The van der Waals surface area contributed by atoms with E-state index in [2.05, 4.69) is 16.9 Å². The van der Waals surface area contributed by atoms with Gasteiger partial charge in [0, 0.05) is 25.8 Å². The fraction of sp³-hybridized carbons (Fsp3) is 0.524. The minimum Gasteiger partial charge on any atom is -0.312 e. The predicted molar refractivity (Wildman–Crippen MR) is 103 cm³/mol. The van der Waals surface area contributed by atoms with Gasteiger partial charge in [0.25, 0.3) is 0 Å². The lowest BCUT2D eigenvalue weighted by Crippen LogP contribution is -2.53. The molecule has 2 saturated heterocycles. The fourth-order valence-corrected chi connectivity index (χ4v) is 4.55. The van der Waals surface area contributed by atoms with Crippen LogP contribution in [0, 0.1) is 18.2 Å². The number of carbonyl (C=O) groups excluding carboxylic acids is 1. The number of hydrogen-bond acceptors (Lipinski definition) is 3. The molecule has 1 amide bonds.